The Kier molecular flexibility index (Phi) is 4.49. The van der Waals surface area contributed by atoms with E-state index in [-0.39, 0.29) is 36.4 Å². The number of hydrogen-bond donors (Lipinski definition) is 2. The monoisotopic (exact) mass is 256 g/mol. The van der Waals surface area contributed by atoms with Crippen molar-refractivity contribution >= 4 is 17.7 Å². The fourth-order valence-electron chi connectivity index (χ4n) is 1.55. The summed E-state index contributed by atoms with van der Waals surface area (Å²) >= 11 is -0.133. The van der Waals surface area contributed by atoms with Gasteiger partial charge in [-0.15, -0.1) is 0 Å². The van der Waals surface area contributed by atoms with Crippen molar-refractivity contribution in [1.82, 2.24) is 5.32 Å². The van der Waals surface area contributed by atoms with Crippen LogP contribution in [-0.4, -0.2) is 29.3 Å². The molecule has 0 heterocycles. The molecule has 1 aliphatic carbocycles. The Labute approximate surface area is 96.3 Å². The van der Waals surface area contributed by atoms with Crippen molar-refractivity contribution in [3.63, 3.8) is 0 Å². The van der Waals surface area contributed by atoms with Crippen molar-refractivity contribution in [2.45, 2.75) is 36.7 Å². The minimum Gasteiger partial charge on any atom is -0.355 e. The standard InChI is InChI=1S/C9H15F3N2OS/c10-9(11,12)16-5-4-14-7(15)6-8(13)2-1-3-8/h1-6,13H2,(H,14,15). The summed E-state index contributed by atoms with van der Waals surface area (Å²) in [5.74, 6) is -0.419. The number of amides is 1. The molecule has 1 amide bonds. The number of halogens is 3. The molecule has 0 radical (unpaired) electrons. The van der Waals surface area contributed by atoms with E-state index < -0.39 is 11.0 Å². The zero-order chi connectivity index (χ0) is 12.2. The van der Waals surface area contributed by atoms with Gasteiger partial charge in [-0.2, -0.15) is 13.2 Å². The van der Waals surface area contributed by atoms with Crippen LogP contribution in [0, 0.1) is 0 Å². The second-order valence-electron chi connectivity index (χ2n) is 4.04. The first-order valence-electron chi connectivity index (χ1n) is 5.07. The van der Waals surface area contributed by atoms with E-state index in [0.717, 1.165) is 19.3 Å². The maximum absolute atomic E-state index is 11.7. The summed E-state index contributed by atoms with van der Waals surface area (Å²) in [6, 6.07) is 0. The van der Waals surface area contributed by atoms with Crippen LogP contribution < -0.4 is 11.1 Å². The third-order valence-corrected chi connectivity index (χ3v) is 3.29. The van der Waals surface area contributed by atoms with Crippen molar-refractivity contribution in [1.29, 1.82) is 0 Å². The Morgan fingerprint density at radius 3 is 2.50 bits per heavy atom. The van der Waals surface area contributed by atoms with Gasteiger partial charge >= 0.3 is 5.51 Å². The van der Waals surface area contributed by atoms with Gasteiger partial charge < -0.3 is 11.1 Å². The molecule has 1 rings (SSSR count). The summed E-state index contributed by atoms with van der Waals surface area (Å²) in [6.07, 6.45) is 2.87. The highest BCUT2D eigenvalue weighted by molar-refractivity contribution is 8.00. The molecule has 0 unspecified atom stereocenters. The van der Waals surface area contributed by atoms with Gasteiger partial charge in [0.05, 0.1) is 0 Å². The highest BCUT2D eigenvalue weighted by Gasteiger charge is 2.34. The third kappa shape index (κ3) is 5.07. The first-order chi connectivity index (χ1) is 7.31. The number of hydrogen-bond acceptors (Lipinski definition) is 3. The fourth-order valence-corrected chi connectivity index (χ4v) is 1.98. The number of nitrogens with two attached hydrogens (primary N) is 1. The SMILES string of the molecule is NC1(CC(=O)NCCSC(F)(F)F)CCC1. The number of nitrogens with one attached hydrogen (secondary N) is 1. The van der Waals surface area contributed by atoms with Crippen molar-refractivity contribution in [3.05, 3.63) is 0 Å². The van der Waals surface area contributed by atoms with Crippen LogP contribution in [0.1, 0.15) is 25.7 Å². The van der Waals surface area contributed by atoms with Crippen molar-refractivity contribution in [2.75, 3.05) is 12.3 Å². The van der Waals surface area contributed by atoms with Crippen LogP contribution in [0.15, 0.2) is 0 Å². The summed E-state index contributed by atoms with van der Waals surface area (Å²) in [4.78, 5) is 11.3. The highest BCUT2D eigenvalue weighted by Crippen LogP contribution is 2.32. The molecule has 3 nitrogen and oxygen atoms in total. The largest absolute Gasteiger partial charge is 0.441 e. The lowest BCUT2D eigenvalue weighted by Gasteiger charge is -2.37. The van der Waals surface area contributed by atoms with Gasteiger partial charge in [-0.25, -0.2) is 0 Å². The Morgan fingerprint density at radius 2 is 2.06 bits per heavy atom. The van der Waals surface area contributed by atoms with Crippen LogP contribution in [-0.2, 0) is 4.79 Å². The topological polar surface area (TPSA) is 55.1 Å². The molecule has 0 aromatic heterocycles. The predicted molar refractivity (Wildman–Crippen MR) is 56.9 cm³/mol. The van der Waals surface area contributed by atoms with Gasteiger partial charge in [0.2, 0.25) is 5.91 Å². The Bertz CT molecular complexity index is 254. The van der Waals surface area contributed by atoms with Crippen molar-refractivity contribution in [3.8, 4) is 0 Å². The summed E-state index contributed by atoms with van der Waals surface area (Å²) in [7, 11) is 0. The van der Waals surface area contributed by atoms with Crippen LogP contribution in [0.4, 0.5) is 13.2 Å². The number of carbonyl (C=O) groups is 1. The lowest BCUT2D eigenvalue weighted by Crippen LogP contribution is -2.50. The molecule has 0 aliphatic heterocycles. The van der Waals surface area contributed by atoms with Crippen molar-refractivity contribution < 1.29 is 18.0 Å². The normalized spacial score (nSPS) is 19.0. The van der Waals surface area contributed by atoms with Crippen LogP contribution in [0.25, 0.3) is 0 Å². The molecule has 0 aromatic rings. The third-order valence-electron chi connectivity index (χ3n) is 2.55. The van der Waals surface area contributed by atoms with Gasteiger partial charge in [0.15, 0.2) is 0 Å². The summed E-state index contributed by atoms with van der Waals surface area (Å²) in [6.45, 7) is 0.0269. The Balaban J connectivity index is 2.07. The number of alkyl halides is 3. The van der Waals surface area contributed by atoms with Crippen LogP contribution in [0.5, 0.6) is 0 Å². The molecule has 7 heteroatoms. The quantitative estimate of drug-likeness (QED) is 0.735. The van der Waals surface area contributed by atoms with Crippen molar-refractivity contribution in [2.24, 2.45) is 5.73 Å². The molecule has 0 atom stereocenters. The van der Waals surface area contributed by atoms with Gasteiger partial charge in [-0.3, -0.25) is 4.79 Å². The number of thioether (sulfide) groups is 1. The summed E-state index contributed by atoms with van der Waals surface area (Å²) in [5, 5.41) is 2.44. The molecule has 3 N–H and O–H groups in total. The number of carbonyl (C=O) groups excluding carboxylic acids is 1. The van der Waals surface area contributed by atoms with Gasteiger partial charge in [0, 0.05) is 24.3 Å². The smallest absolute Gasteiger partial charge is 0.355 e. The van der Waals surface area contributed by atoms with E-state index in [1.807, 2.05) is 0 Å². The van der Waals surface area contributed by atoms with Gasteiger partial charge in [0.25, 0.3) is 0 Å². The molecule has 94 valence electrons. The van der Waals surface area contributed by atoms with E-state index in [1.165, 1.54) is 0 Å². The molecule has 1 fully saturated rings. The Morgan fingerprint density at radius 1 is 1.44 bits per heavy atom. The predicted octanol–water partition coefficient (Wildman–Crippen LogP) is 1.63. The maximum Gasteiger partial charge on any atom is 0.441 e. The molecule has 1 saturated carbocycles. The first kappa shape index (κ1) is 13.6. The summed E-state index contributed by atoms with van der Waals surface area (Å²) in [5.41, 5.74) is 1.19. The molecule has 0 saturated heterocycles. The average molecular weight is 256 g/mol. The van der Waals surface area contributed by atoms with E-state index in [4.69, 9.17) is 5.73 Å². The van der Waals surface area contributed by atoms with Gasteiger partial charge in [0.1, 0.15) is 0 Å². The fraction of sp³-hybridized carbons (Fsp3) is 0.889. The minimum atomic E-state index is -4.23. The molecule has 0 spiro atoms. The summed E-state index contributed by atoms with van der Waals surface area (Å²) < 4.78 is 35.2. The van der Waals surface area contributed by atoms with E-state index in [0.29, 0.717) is 0 Å². The van der Waals surface area contributed by atoms with E-state index in [2.05, 4.69) is 5.32 Å². The van der Waals surface area contributed by atoms with Crippen LogP contribution in [0.3, 0.4) is 0 Å². The minimum absolute atomic E-state index is 0.0269. The maximum atomic E-state index is 11.7. The zero-order valence-electron chi connectivity index (χ0n) is 8.77. The molecular weight excluding hydrogens is 241 g/mol. The molecular formula is C9H15F3N2OS. The lowest BCUT2D eigenvalue weighted by molar-refractivity contribution is -0.122. The Hall–Kier alpha value is -0.430. The van der Waals surface area contributed by atoms with Gasteiger partial charge in [-0.1, -0.05) is 0 Å². The second-order valence-corrected chi connectivity index (χ2v) is 5.20. The highest BCUT2D eigenvalue weighted by atomic mass is 32.2. The van der Waals surface area contributed by atoms with E-state index in [9.17, 15) is 18.0 Å². The molecule has 0 aromatic carbocycles. The van der Waals surface area contributed by atoms with E-state index in [1.54, 1.807) is 0 Å². The first-order valence-corrected chi connectivity index (χ1v) is 6.06. The zero-order valence-corrected chi connectivity index (χ0v) is 9.59. The van der Waals surface area contributed by atoms with Gasteiger partial charge in [-0.05, 0) is 31.0 Å². The average Bonchev–Trinajstić information content (AvgIpc) is 2.08. The molecule has 16 heavy (non-hydrogen) atoms. The van der Waals surface area contributed by atoms with E-state index >= 15 is 0 Å². The second kappa shape index (κ2) is 5.27. The number of rotatable bonds is 5. The molecule has 0 bridgehead atoms. The van der Waals surface area contributed by atoms with Crippen LogP contribution >= 0.6 is 11.8 Å². The lowest BCUT2D eigenvalue weighted by atomic mass is 9.75. The van der Waals surface area contributed by atoms with Crippen LogP contribution in [0.2, 0.25) is 0 Å². The molecule has 1 aliphatic rings.